The number of benzene rings is 1. The number of ether oxygens (including phenoxy) is 1. The maximum atomic E-state index is 12.3. The molecular formula is C12H14BrClN2O2. The lowest BCUT2D eigenvalue weighted by Crippen LogP contribution is -2.48. The molecule has 0 saturated carbocycles. The van der Waals surface area contributed by atoms with Gasteiger partial charge in [-0.15, -0.1) is 0 Å². The Bertz CT molecular complexity index is 435. The number of rotatable bonds is 2. The lowest BCUT2D eigenvalue weighted by Gasteiger charge is -2.32. The standard InChI is InChI=1S/C12H14BrClN2O2/c13-9-3-8(4-10(14)5-9)12(17)16-1-2-18-11(6-15)7-16/h3-5,11H,1-2,6-7,15H2. The van der Waals surface area contributed by atoms with Gasteiger partial charge in [0.1, 0.15) is 0 Å². The van der Waals surface area contributed by atoms with Crippen molar-refractivity contribution in [1.29, 1.82) is 0 Å². The molecule has 1 aromatic rings. The molecule has 0 radical (unpaired) electrons. The van der Waals surface area contributed by atoms with Crippen LogP contribution >= 0.6 is 27.5 Å². The average Bonchev–Trinajstić information content (AvgIpc) is 2.37. The van der Waals surface area contributed by atoms with Crippen molar-refractivity contribution >= 4 is 33.4 Å². The first kappa shape index (κ1) is 13.8. The molecule has 2 N–H and O–H groups in total. The van der Waals surface area contributed by atoms with Crippen LogP contribution in [0.15, 0.2) is 22.7 Å². The Morgan fingerprint density at radius 2 is 2.33 bits per heavy atom. The summed E-state index contributed by atoms with van der Waals surface area (Å²) >= 11 is 9.27. The van der Waals surface area contributed by atoms with Crippen molar-refractivity contribution in [2.24, 2.45) is 5.73 Å². The van der Waals surface area contributed by atoms with Gasteiger partial charge in [-0.1, -0.05) is 27.5 Å². The van der Waals surface area contributed by atoms with E-state index < -0.39 is 0 Å². The van der Waals surface area contributed by atoms with Gasteiger partial charge >= 0.3 is 0 Å². The summed E-state index contributed by atoms with van der Waals surface area (Å²) in [6.07, 6.45) is -0.0784. The van der Waals surface area contributed by atoms with E-state index in [4.69, 9.17) is 22.1 Å². The second-order valence-corrected chi connectivity index (χ2v) is 5.49. The minimum absolute atomic E-state index is 0.0417. The molecular weight excluding hydrogens is 320 g/mol. The van der Waals surface area contributed by atoms with Crippen molar-refractivity contribution in [3.8, 4) is 0 Å². The van der Waals surface area contributed by atoms with E-state index >= 15 is 0 Å². The molecule has 1 saturated heterocycles. The van der Waals surface area contributed by atoms with E-state index in [2.05, 4.69) is 15.9 Å². The lowest BCUT2D eigenvalue weighted by atomic mass is 10.1. The number of nitrogens with zero attached hydrogens (tertiary/aromatic N) is 1. The molecule has 2 rings (SSSR count). The van der Waals surface area contributed by atoms with Gasteiger partial charge in [-0.2, -0.15) is 0 Å². The zero-order valence-corrected chi connectivity index (χ0v) is 12.1. The van der Waals surface area contributed by atoms with Crippen molar-refractivity contribution in [2.45, 2.75) is 6.10 Å². The molecule has 1 amide bonds. The molecule has 0 aliphatic carbocycles. The third-order valence-electron chi connectivity index (χ3n) is 2.80. The van der Waals surface area contributed by atoms with Gasteiger partial charge in [-0.3, -0.25) is 4.79 Å². The van der Waals surface area contributed by atoms with Gasteiger partial charge in [0, 0.05) is 34.7 Å². The van der Waals surface area contributed by atoms with E-state index in [1.165, 1.54) is 0 Å². The number of carbonyl (C=O) groups is 1. The highest BCUT2D eigenvalue weighted by Crippen LogP contribution is 2.21. The molecule has 1 aliphatic heterocycles. The van der Waals surface area contributed by atoms with Crippen LogP contribution in [-0.2, 0) is 4.74 Å². The van der Waals surface area contributed by atoms with E-state index in [1.807, 2.05) is 0 Å². The SMILES string of the molecule is NCC1CN(C(=O)c2cc(Cl)cc(Br)c2)CCO1. The predicted octanol–water partition coefficient (Wildman–Crippen LogP) is 1.90. The summed E-state index contributed by atoms with van der Waals surface area (Å²) in [6, 6.07) is 5.18. The van der Waals surface area contributed by atoms with Crippen molar-refractivity contribution in [1.82, 2.24) is 4.90 Å². The fourth-order valence-electron chi connectivity index (χ4n) is 1.91. The van der Waals surface area contributed by atoms with E-state index in [0.717, 1.165) is 4.47 Å². The van der Waals surface area contributed by atoms with Gasteiger partial charge in [0.05, 0.1) is 12.7 Å². The second kappa shape index (κ2) is 6.02. The van der Waals surface area contributed by atoms with Crippen LogP contribution in [0.4, 0.5) is 0 Å². The molecule has 4 nitrogen and oxygen atoms in total. The summed E-state index contributed by atoms with van der Waals surface area (Å²) in [5.41, 5.74) is 6.14. The third-order valence-corrected chi connectivity index (χ3v) is 3.47. The second-order valence-electron chi connectivity index (χ2n) is 4.14. The van der Waals surface area contributed by atoms with Crippen LogP contribution in [0, 0.1) is 0 Å². The topological polar surface area (TPSA) is 55.6 Å². The van der Waals surface area contributed by atoms with E-state index in [-0.39, 0.29) is 12.0 Å². The number of hydrogen-bond acceptors (Lipinski definition) is 3. The molecule has 98 valence electrons. The average molecular weight is 334 g/mol. The van der Waals surface area contributed by atoms with E-state index in [0.29, 0.717) is 36.8 Å². The number of halogens is 2. The first-order chi connectivity index (χ1) is 8.60. The van der Waals surface area contributed by atoms with Gasteiger partial charge in [0.25, 0.3) is 5.91 Å². The number of morpholine rings is 1. The Balaban J connectivity index is 2.15. The molecule has 1 atom stereocenters. The predicted molar refractivity (Wildman–Crippen MR) is 73.8 cm³/mol. The lowest BCUT2D eigenvalue weighted by molar-refractivity contribution is -0.0167. The monoisotopic (exact) mass is 332 g/mol. The number of hydrogen-bond donors (Lipinski definition) is 1. The molecule has 1 unspecified atom stereocenters. The van der Waals surface area contributed by atoms with Gasteiger partial charge < -0.3 is 15.4 Å². The number of carbonyl (C=O) groups excluding carboxylic acids is 1. The van der Waals surface area contributed by atoms with Crippen LogP contribution in [-0.4, -0.2) is 43.2 Å². The molecule has 0 bridgehead atoms. The van der Waals surface area contributed by atoms with Crippen LogP contribution in [0.3, 0.4) is 0 Å². The zero-order valence-electron chi connectivity index (χ0n) is 9.73. The van der Waals surface area contributed by atoms with Crippen LogP contribution in [0.5, 0.6) is 0 Å². The largest absolute Gasteiger partial charge is 0.373 e. The summed E-state index contributed by atoms with van der Waals surface area (Å²) < 4.78 is 6.23. The van der Waals surface area contributed by atoms with Crippen LogP contribution in [0.1, 0.15) is 10.4 Å². The summed E-state index contributed by atoms with van der Waals surface area (Å²) in [7, 11) is 0. The summed E-state index contributed by atoms with van der Waals surface area (Å²) in [6.45, 7) is 2.05. The Kier molecular flexibility index (Phi) is 4.61. The highest BCUT2D eigenvalue weighted by molar-refractivity contribution is 9.10. The van der Waals surface area contributed by atoms with Crippen molar-refractivity contribution < 1.29 is 9.53 Å². The fourth-order valence-corrected chi connectivity index (χ4v) is 2.77. The normalized spacial score (nSPS) is 19.9. The molecule has 1 aromatic carbocycles. The minimum Gasteiger partial charge on any atom is -0.373 e. The maximum Gasteiger partial charge on any atom is 0.254 e. The van der Waals surface area contributed by atoms with Gasteiger partial charge in [0.2, 0.25) is 0 Å². The highest BCUT2D eigenvalue weighted by Gasteiger charge is 2.24. The van der Waals surface area contributed by atoms with Gasteiger partial charge in [-0.25, -0.2) is 0 Å². The molecule has 0 aromatic heterocycles. The molecule has 18 heavy (non-hydrogen) atoms. The van der Waals surface area contributed by atoms with Gasteiger partial charge in [0.15, 0.2) is 0 Å². The van der Waals surface area contributed by atoms with E-state index in [1.54, 1.807) is 23.1 Å². The van der Waals surface area contributed by atoms with Crippen molar-refractivity contribution in [2.75, 3.05) is 26.2 Å². The molecule has 6 heteroatoms. The van der Waals surface area contributed by atoms with Crippen LogP contribution in [0.25, 0.3) is 0 Å². The Morgan fingerprint density at radius 3 is 3.00 bits per heavy atom. The molecule has 1 heterocycles. The quantitative estimate of drug-likeness (QED) is 0.899. The first-order valence-corrected chi connectivity index (χ1v) is 6.84. The van der Waals surface area contributed by atoms with Crippen molar-refractivity contribution in [3.05, 3.63) is 33.3 Å². The Hall–Kier alpha value is -0.620. The smallest absolute Gasteiger partial charge is 0.254 e. The fraction of sp³-hybridized carbons (Fsp3) is 0.417. The summed E-state index contributed by atoms with van der Waals surface area (Å²) in [5.74, 6) is -0.0417. The first-order valence-electron chi connectivity index (χ1n) is 5.67. The molecule has 1 fully saturated rings. The van der Waals surface area contributed by atoms with Crippen LogP contribution < -0.4 is 5.73 Å². The highest BCUT2D eigenvalue weighted by atomic mass is 79.9. The number of nitrogens with two attached hydrogens (primary N) is 1. The minimum atomic E-state index is -0.0784. The Morgan fingerprint density at radius 1 is 1.56 bits per heavy atom. The van der Waals surface area contributed by atoms with E-state index in [9.17, 15) is 4.79 Å². The third kappa shape index (κ3) is 3.23. The Labute approximate surface area is 119 Å². The maximum absolute atomic E-state index is 12.3. The zero-order chi connectivity index (χ0) is 13.1. The van der Waals surface area contributed by atoms with Gasteiger partial charge in [-0.05, 0) is 18.2 Å². The summed E-state index contributed by atoms with van der Waals surface area (Å²) in [5, 5.41) is 0.538. The summed E-state index contributed by atoms with van der Waals surface area (Å²) in [4.78, 5) is 14.1. The molecule has 0 spiro atoms. The van der Waals surface area contributed by atoms with Crippen molar-refractivity contribution in [3.63, 3.8) is 0 Å². The van der Waals surface area contributed by atoms with Crippen LogP contribution in [0.2, 0.25) is 5.02 Å². The number of amides is 1. The molecule has 1 aliphatic rings.